The maximum atomic E-state index is 13.4. The number of methoxy groups -OCH3 is 1. The highest BCUT2D eigenvalue weighted by Gasteiger charge is 2.27. The quantitative estimate of drug-likeness (QED) is 0.333. The van der Waals surface area contributed by atoms with Gasteiger partial charge in [-0.1, -0.05) is 60.1 Å². The van der Waals surface area contributed by atoms with Gasteiger partial charge in [0.2, 0.25) is 11.8 Å². The Hall–Kier alpha value is -4.57. The highest BCUT2D eigenvalue weighted by molar-refractivity contribution is 6.31. The first-order chi connectivity index (χ1) is 20.3. The van der Waals surface area contributed by atoms with E-state index in [1.807, 2.05) is 60.7 Å². The fraction of sp³-hybridized carbons (Fsp3) is 0.290. The number of anilines is 2. The standard InChI is InChI=1S/C31H33ClN4O6/c1-41-30(39)25-20-23(32)12-13-26(25)33-29(38)27(34-31(40)42-21-22-8-4-2-5-9-22)14-15-28(37)36-18-16-35(17-19-36)24-10-6-3-7-11-24/h2-13,20,27H,14-19,21H2,1H3,(H,33,38)(H,34,40). The first-order valence-corrected chi connectivity index (χ1v) is 14.0. The molecule has 3 aromatic carbocycles. The molecule has 0 radical (unpaired) electrons. The topological polar surface area (TPSA) is 117 Å². The van der Waals surface area contributed by atoms with Gasteiger partial charge in [-0.3, -0.25) is 9.59 Å². The number of nitrogens with zero attached hydrogens (tertiary/aromatic N) is 2. The van der Waals surface area contributed by atoms with Crippen molar-refractivity contribution in [3.63, 3.8) is 0 Å². The van der Waals surface area contributed by atoms with Crippen molar-refractivity contribution < 1.29 is 28.7 Å². The second-order valence-corrected chi connectivity index (χ2v) is 10.1. The van der Waals surface area contributed by atoms with E-state index in [2.05, 4.69) is 15.5 Å². The summed E-state index contributed by atoms with van der Waals surface area (Å²) in [5.41, 5.74) is 2.09. The molecule has 1 atom stereocenters. The van der Waals surface area contributed by atoms with Crippen LogP contribution in [0.25, 0.3) is 0 Å². The van der Waals surface area contributed by atoms with Gasteiger partial charge in [0, 0.05) is 43.3 Å². The summed E-state index contributed by atoms with van der Waals surface area (Å²) in [5, 5.41) is 5.52. The Morgan fingerprint density at radius 1 is 0.905 bits per heavy atom. The van der Waals surface area contributed by atoms with Crippen molar-refractivity contribution in [2.45, 2.75) is 25.5 Å². The molecule has 0 spiro atoms. The number of nitrogens with one attached hydrogen (secondary N) is 2. The van der Waals surface area contributed by atoms with E-state index in [1.165, 1.54) is 25.3 Å². The lowest BCUT2D eigenvalue weighted by Crippen LogP contribution is -2.49. The number of ether oxygens (including phenoxy) is 2. The van der Waals surface area contributed by atoms with Crippen molar-refractivity contribution in [1.29, 1.82) is 0 Å². The van der Waals surface area contributed by atoms with Crippen LogP contribution in [0, 0.1) is 0 Å². The Kier molecular flexibility index (Phi) is 10.8. The molecule has 10 nitrogen and oxygen atoms in total. The van der Waals surface area contributed by atoms with Crippen LogP contribution < -0.4 is 15.5 Å². The van der Waals surface area contributed by atoms with Gasteiger partial charge in [0.05, 0.1) is 18.4 Å². The van der Waals surface area contributed by atoms with Crippen LogP contribution in [-0.4, -0.2) is 68.1 Å². The summed E-state index contributed by atoms with van der Waals surface area (Å²) >= 11 is 6.03. The average molecular weight is 593 g/mol. The van der Waals surface area contributed by atoms with Gasteiger partial charge in [-0.2, -0.15) is 0 Å². The molecule has 11 heteroatoms. The van der Waals surface area contributed by atoms with Gasteiger partial charge in [0.15, 0.2) is 0 Å². The Morgan fingerprint density at radius 2 is 1.57 bits per heavy atom. The van der Waals surface area contributed by atoms with Crippen molar-refractivity contribution in [2.75, 3.05) is 43.5 Å². The molecular weight excluding hydrogens is 560 g/mol. The molecule has 4 rings (SSSR count). The number of benzene rings is 3. The van der Waals surface area contributed by atoms with Crippen LogP contribution in [0.5, 0.6) is 0 Å². The van der Waals surface area contributed by atoms with Gasteiger partial charge >= 0.3 is 12.1 Å². The van der Waals surface area contributed by atoms with Crippen LogP contribution >= 0.6 is 11.6 Å². The van der Waals surface area contributed by atoms with Crippen molar-refractivity contribution in [3.8, 4) is 0 Å². The molecule has 2 N–H and O–H groups in total. The molecule has 3 amide bonds. The monoisotopic (exact) mass is 592 g/mol. The smallest absolute Gasteiger partial charge is 0.408 e. The fourth-order valence-corrected chi connectivity index (χ4v) is 4.75. The molecule has 3 aromatic rings. The van der Waals surface area contributed by atoms with Gasteiger partial charge in [-0.25, -0.2) is 9.59 Å². The minimum atomic E-state index is -1.12. The SMILES string of the molecule is COC(=O)c1cc(Cl)ccc1NC(=O)C(CCC(=O)N1CCN(c2ccccc2)CC1)NC(=O)OCc1ccccc1. The maximum Gasteiger partial charge on any atom is 0.408 e. The highest BCUT2D eigenvalue weighted by Crippen LogP contribution is 2.22. The minimum absolute atomic E-state index is 0.00923. The number of carbonyl (C=O) groups is 4. The second-order valence-electron chi connectivity index (χ2n) is 9.67. The third-order valence-corrected chi connectivity index (χ3v) is 7.10. The van der Waals surface area contributed by atoms with Crippen LogP contribution in [-0.2, 0) is 25.7 Å². The largest absolute Gasteiger partial charge is 0.465 e. The van der Waals surface area contributed by atoms with Gasteiger partial charge in [0.1, 0.15) is 12.6 Å². The number of para-hydroxylation sites is 1. The summed E-state index contributed by atoms with van der Waals surface area (Å²) in [6.45, 7) is 2.48. The number of amides is 3. The molecule has 0 bridgehead atoms. The lowest BCUT2D eigenvalue weighted by molar-refractivity contribution is -0.131. The fourth-order valence-electron chi connectivity index (χ4n) is 4.58. The van der Waals surface area contributed by atoms with Crippen LogP contribution in [0.3, 0.4) is 0 Å². The molecule has 220 valence electrons. The summed E-state index contributed by atoms with van der Waals surface area (Å²) < 4.78 is 10.1. The predicted molar refractivity (Wildman–Crippen MR) is 159 cm³/mol. The number of hydrogen-bond acceptors (Lipinski definition) is 7. The number of carbonyl (C=O) groups excluding carboxylic acids is 4. The third-order valence-electron chi connectivity index (χ3n) is 6.87. The van der Waals surface area contributed by atoms with Crippen molar-refractivity contribution in [3.05, 3.63) is 95.0 Å². The summed E-state index contributed by atoms with van der Waals surface area (Å²) in [7, 11) is 1.22. The first kappa shape index (κ1) is 30.4. The van der Waals surface area contributed by atoms with Crippen LogP contribution in [0.2, 0.25) is 5.02 Å². The molecule has 42 heavy (non-hydrogen) atoms. The molecule has 1 aliphatic heterocycles. The Labute approximate surface area is 249 Å². The third kappa shape index (κ3) is 8.47. The van der Waals surface area contributed by atoms with E-state index in [0.717, 1.165) is 11.3 Å². The van der Waals surface area contributed by atoms with E-state index in [4.69, 9.17) is 21.1 Å². The normalized spacial score (nSPS) is 13.6. The van der Waals surface area contributed by atoms with Gasteiger partial charge in [0.25, 0.3) is 0 Å². The molecule has 1 heterocycles. The van der Waals surface area contributed by atoms with E-state index in [0.29, 0.717) is 26.2 Å². The Morgan fingerprint density at radius 3 is 2.24 bits per heavy atom. The first-order valence-electron chi connectivity index (χ1n) is 13.6. The molecule has 1 unspecified atom stereocenters. The van der Waals surface area contributed by atoms with E-state index in [1.54, 1.807) is 4.90 Å². The van der Waals surface area contributed by atoms with Crippen LogP contribution in [0.15, 0.2) is 78.9 Å². The molecular formula is C31H33ClN4O6. The lowest BCUT2D eigenvalue weighted by Gasteiger charge is -2.36. The zero-order valence-electron chi connectivity index (χ0n) is 23.3. The number of esters is 1. The minimum Gasteiger partial charge on any atom is -0.465 e. The second kappa shape index (κ2) is 14.9. The Bertz CT molecular complexity index is 1380. The zero-order chi connectivity index (χ0) is 29.9. The molecule has 0 saturated carbocycles. The molecule has 1 saturated heterocycles. The molecule has 1 fully saturated rings. The van der Waals surface area contributed by atoms with E-state index in [-0.39, 0.29) is 41.6 Å². The zero-order valence-corrected chi connectivity index (χ0v) is 24.0. The van der Waals surface area contributed by atoms with Gasteiger partial charge < -0.3 is 29.9 Å². The van der Waals surface area contributed by atoms with Crippen molar-refractivity contribution >= 4 is 46.9 Å². The van der Waals surface area contributed by atoms with E-state index >= 15 is 0 Å². The lowest BCUT2D eigenvalue weighted by atomic mass is 10.1. The Balaban J connectivity index is 1.40. The summed E-state index contributed by atoms with van der Waals surface area (Å²) in [6.07, 6.45) is -0.773. The van der Waals surface area contributed by atoms with Crippen molar-refractivity contribution in [1.82, 2.24) is 10.2 Å². The van der Waals surface area contributed by atoms with E-state index < -0.39 is 24.0 Å². The number of piperazine rings is 1. The number of rotatable bonds is 10. The van der Waals surface area contributed by atoms with E-state index in [9.17, 15) is 19.2 Å². The average Bonchev–Trinajstić information content (AvgIpc) is 3.03. The summed E-state index contributed by atoms with van der Waals surface area (Å²) in [4.78, 5) is 55.4. The van der Waals surface area contributed by atoms with Crippen molar-refractivity contribution in [2.24, 2.45) is 0 Å². The highest BCUT2D eigenvalue weighted by atomic mass is 35.5. The number of halogens is 1. The summed E-state index contributed by atoms with van der Waals surface area (Å²) in [5.74, 6) is -1.44. The van der Waals surface area contributed by atoms with Gasteiger partial charge in [-0.05, 0) is 42.3 Å². The summed E-state index contributed by atoms with van der Waals surface area (Å²) in [6, 6.07) is 22.3. The predicted octanol–water partition coefficient (Wildman–Crippen LogP) is 4.49. The number of alkyl carbamates (subject to hydrolysis) is 1. The molecule has 0 aliphatic carbocycles. The van der Waals surface area contributed by atoms with Crippen LogP contribution in [0.4, 0.5) is 16.2 Å². The maximum absolute atomic E-state index is 13.4. The molecule has 1 aliphatic rings. The molecule has 0 aromatic heterocycles. The van der Waals surface area contributed by atoms with Gasteiger partial charge in [-0.15, -0.1) is 0 Å². The van der Waals surface area contributed by atoms with Crippen LogP contribution in [0.1, 0.15) is 28.8 Å². The number of hydrogen-bond donors (Lipinski definition) is 2.